The van der Waals surface area contributed by atoms with Crippen LogP contribution in [0.25, 0.3) is 0 Å². The minimum atomic E-state index is -0.240. The fourth-order valence-corrected chi connectivity index (χ4v) is 2.97. The van der Waals surface area contributed by atoms with E-state index in [4.69, 9.17) is 4.52 Å². The average molecular weight is 316 g/mol. The number of aromatic nitrogens is 4. The highest BCUT2D eigenvalue weighted by Gasteiger charge is 2.33. The van der Waals surface area contributed by atoms with Gasteiger partial charge in [-0.15, -0.1) is 0 Å². The SMILES string of the molecule is Cn1ccnc1CN1CCCC1c1nc(C(=O)NC2CC2)no1. The number of nitrogens with zero attached hydrogens (tertiary/aromatic N) is 5. The molecule has 0 bridgehead atoms. The Labute approximate surface area is 133 Å². The molecule has 1 amide bonds. The Balaban J connectivity index is 1.46. The molecule has 2 aliphatic rings. The van der Waals surface area contributed by atoms with Crippen molar-refractivity contribution in [2.45, 2.75) is 44.3 Å². The van der Waals surface area contributed by atoms with Gasteiger partial charge in [0.15, 0.2) is 0 Å². The zero-order valence-corrected chi connectivity index (χ0v) is 13.1. The first kappa shape index (κ1) is 14.4. The molecule has 1 saturated carbocycles. The summed E-state index contributed by atoms with van der Waals surface area (Å²) in [6.45, 7) is 1.70. The number of hydrogen-bond donors (Lipinski definition) is 1. The average Bonchev–Trinajstić information content (AvgIpc) is 2.96. The van der Waals surface area contributed by atoms with Crippen molar-refractivity contribution in [3.63, 3.8) is 0 Å². The first-order valence-electron chi connectivity index (χ1n) is 8.05. The third kappa shape index (κ3) is 2.98. The highest BCUT2D eigenvalue weighted by Crippen LogP contribution is 2.32. The Kier molecular flexibility index (Phi) is 3.60. The summed E-state index contributed by atoms with van der Waals surface area (Å²) in [4.78, 5) is 22.9. The van der Waals surface area contributed by atoms with Crippen molar-refractivity contribution in [1.82, 2.24) is 29.9 Å². The van der Waals surface area contributed by atoms with Crippen molar-refractivity contribution in [2.75, 3.05) is 6.54 Å². The van der Waals surface area contributed by atoms with E-state index in [1.165, 1.54) is 0 Å². The van der Waals surface area contributed by atoms with Crippen LogP contribution < -0.4 is 5.32 Å². The van der Waals surface area contributed by atoms with Crippen LogP contribution in [0.15, 0.2) is 16.9 Å². The minimum Gasteiger partial charge on any atom is -0.346 e. The van der Waals surface area contributed by atoms with Crippen LogP contribution in [-0.2, 0) is 13.6 Å². The van der Waals surface area contributed by atoms with Gasteiger partial charge >= 0.3 is 0 Å². The second kappa shape index (κ2) is 5.77. The zero-order valence-electron chi connectivity index (χ0n) is 13.1. The van der Waals surface area contributed by atoms with Gasteiger partial charge in [-0.05, 0) is 32.2 Å². The standard InChI is InChI=1S/C15H20N6O2/c1-20-8-6-16-12(20)9-21-7-2-3-11(21)15-18-13(19-23-15)14(22)17-10-4-5-10/h6,8,10-11H,2-5,7,9H2,1H3,(H,17,22). The minimum absolute atomic E-state index is 0.0571. The Bertz CT molecular complexity index is 704. The van der Waals surface area contributed by atoms with Crippen molar-refractivity contribution in [3.8, 4) is 0 Å². The van der Waals surface area contributed by atoms with Gasteiger partial charge in [0.05, 0.1) is 12.6 Å². The summed E-state index contributed by atoms with van der Waals surface area (Å²) in [5.41, 5.74) is 0. The maximum Gasteiger partial charge on any atom is 0.292 e. The van der Waals surface area contributed by atoms with E-state index in [-0.39, 0.29) is 23.8 Å². The molecule has 1 N–H and O–H groups in total. The summed E-state index contributed by atoms with van der Waals surface area (Å²) in [5, 5.41) is 6.72. The van der Waals surface area contributed by atoms with E-state index in [1.54, 1.807) is 6.20 Å². The van der Waals surface area contributed by atoms with Crippen molar-refractivity contribution in [3.05, 3.63) is 29.9 Å². The van der Waals surface area contributed by atoms with Gasteiger partial charge in [0.2, 0.25) is 5.89 Å². The van der Waals surface area contributed by atoms with Crippen LogP contribution in [0.2, 0.25) is 0 Å². The molecule has 2 aromatic rings. The lowest BCUT2D eigenvalue weighted by Gasteiger charge is -2.20. The van der Waals surface area contributed by atoms with Crippen LogP contribution in [-0.4, -0.2) is 43.1 Å². The fraction of sp³-hybridized carbons (Fsp3) is 0.600. The van der Waals surface area contributed by atoms with Gasteiger partial charge in [0.25, 0.3) is 11.7 Å². The van der Waals surface area contributed by atoms with E-state index in [0.29, 0.717) is 5.89 Å². The van der Waals surface area contributed by atoms with E-state index in [0.717, 1.165) is 44.6 Å². The Morgan fingerprint density at radius 3 is 3.04 bits per heavy atom. The summed E-state index contributed by atoms with van der Waals surface area (Å²) in [5.74, 6) is 1.42. The lowest BCUT2D eigenvalue weighted by atomic mass is 10.2. The Morgan fingerprint density at radius 1 is 1.43 bits per heavy atom. The Hall–Kier alpha value is -2.22. The molecule has 1 saturated heterocycles. The van der Waals surface area contributed by atoms with Crippen LogP contribution in [0.1, 0.15) is 54.1 Å². The summed E-state index contributed by atoms with van der Waals surface area (Å²) in [7, 11) is 1.99. The maximum absolute atomic E-state index is 12.0. The van der Waals surface area contributed by atoms with Crippen LogP contribution in [0.5, 0.6) is 0 Å². The maximum atomic E-state index is 12.0. The third-order valence-corrected chi connectivity index (χ3v) is 4.47. The predicted molar refractivity (Wildman–Crippen MR) is 80.4 cm³/mol. The van der Waals surface area contributed by atoms with E-state index in [1.807, 2.05) is 17.8 Å². The van der Waals surface area contributed by atoms with Crippen LogP contribution in [0.3, 0.4) is 0 Å². The molecule has 2 fully saturated rings. The number of likely N-dealkylation sites (tertiary alicyclic amines) is 1. The molecule has 1 aliphatic heterocycles. The van der Waals surface area contributed by atoms with Gasteiger partial charge in [-0.1, -0.05) is 5.16 Å². The van der Waals surface area contributed by atoms with Crippen LogP contribution in [0.4, 0.5) is 0 Å². The van der Waals surface area contributed by atoms with Gasteiger partial charge in [0.1, 0.15) is 5.82 Å². The van der Waals surface area contributed by atoms with Crippen molar-refractivity contribution >= 4 is 5.91 Å². The summed E-state index contributed by atoms with van der Waals surface area (Å²) < 4.78 is 7.37. The third-order valence-electron chi connectivity index (χ3n) is 4.47. The molecule has 0 aromatic carbocycles. The fourth-order valence-electron chi connectivity index (χ4n) is 2.97. The van der Waals surface area contributed by atoms with E-state index < -0.39 is 0 Å². The Morgan fingerprint density at radius 2 is 2.30 bits per heavy atom. The summed E-state index contributed by atoms with van der Waals surface area (Å²) >= 11 is 0. The molecule has 122 valence electrons. The van der Waals surface area contributed by atoms with E-state index in [2.05, 4.69) is 25.3 Å². The second-order valence-corrected chi connectivity index (χ2v) is 6.29. The van der Waals surface area contributed by atoms with Gasteiger partial charge in [-0.3, -0.25) is 9.69 Å². The molecule has 4 rings (SSSR count). The lowest BCUT2D eigenvalue weighted by molar-refractivity contribution is 0.0937. The monoisotopic (exact) mass is 316 g/mol. The molecule has 0 spiro atoms. The van der Waals surface area contributed by atoms with Gasteiger partial charge < -0.3 is 14.4 Å². The molecule has 1 atom stereocenters. The summed E-state index contributed by atoms with van der Waals surface area (Å²) in [6, 6.07) is 0.345. The molecule has 8 nitrogen and oxygen atoms in total. The van der Waals surface area contributed by atoms with Crippen molar-refractivity contribution in [2.24, 2.45) is 7.05 Å². The molecule has 2 aromatic heterocycles. The first-order valence-corrected chi connectivity index (χ1v) is 8.05. The lowest BCUT2D eigenvalue weighted by Crippen LogP contribution is -2.27. The topological polar surface area (TPSA) is 89.1 Å². The number of carbonyl (C=O) groups is 1. The normalized spacial score (nSPS) is 21.7. The zero-order chi connectivity index (χ0) is 15.8. The van der Waals surface area contributed by atoms with Gasteiger partial charge in [-0.25, -0.2) is 4.98 Å². The number of nitrogens with one attached hydrogen (secondary N) is 1. The largest absolute Gasteiger partial charge is 0.346 e. The highest BCUT2D eigenvalue weighted by atomic mass is 16.5. The van der Waals surface area contributed by atoms with Gasteiger partial charge in [0, 0.05) is 25.5 Å². The second-order valence-electron chi connectivity index (χ2n) is 6.29. The van der Waals surface area contributed by atoms with E-state index >= 15 is 0 Å². The molecule has 23 heavy (non-hydrogen) atoms. The number of rotatable bonds is 5. The smallest absolute Gasteiger partial charge is 0.292 e. The molecule has 8 heteroatoms. The number of carbonyl (C=O) groups excluding carboxylic acids is 1. The predicted octanol–water partition coefficient (Wildman–Crippen LogP) is 1.03. The number of hydrogen-bond acceptors (Lipinski definition) is 6. The van der Waals surface area contributed by atoms with Crippen molar-refractivity contribution < 1.29 is 9.32 Å². The first-order chi connectivity index (χ1) is 11.2. The van der Waals surface area contributed by atoms with E-state index in [9.17, 15) is 4.79 Å². The highest BCUT2D eigenvalue weighted by molar-refractivity contribution is 5.90. The van der Waals surface area contributed by atoms with Crippen LogP contribution >= 0.6 is 0 Å². The number of amides is 1. The molecular weight excluding hydrogens is 296 g/mol. The van der Waals surface area contributed by atoms with Crippen LogP contribution in [0, 0.1) is 0 Å². The van der Waals surface area contributed by atoms with Gasteiger partial charge in [-0.2, -0.15) is 4.98 Å². The number of aryl methyl sites for hydroxylation is 1. The molecule has 1 unspecified atom stereocenters. The molecule has 0 radical (unpaired) electrons. The molecule has 1 aliphatic carbocycles. The molecular formula is C15H20N6O2. The van der Waals surface area contributed by atoms with Crippen molar-refractivity contribution in [1.29, 1.82) is 0 Å². The quantitative estimate of drug-likeness (QED) is 0.886. The summed E-state index contributed by atoms with van der Waals surface area (Å²) in [6.07, 6.45) is 7.84. The molecule has 3 heterocycles. The number of imidazole rings is 1.